The zero-order valence-corrected chi connectivity index (χ0v) is 8.56. The van der Waals surface area contributed by atoms with Gasteiger partial charge in [-0.3, -0.25) is 14.4 Å². The second kappa shape index (κ2) is 5.11. The smallest absolute Gasteiger partial charge is 0.318 e. The Balaban J connectivity index is 2.60. The maximum absolute atomic E-state index is 11.3. The Hall–Kier alpha value is -1.88. The molecule has 0 bridgehead atoms. The van der Waals surface area contributed by atoms with Crippen LogP contribution in [0.25, 0.3) is 0 Å². The van der Waals surface area contributed by atoms with E-state index in [1.807, 2.05) is 6.07 Å². The van der Waals surface area contributed by atoms with Crippen molar-refractivity contribution < 1.29 is 14.4 Å². The van der Waals surface area contributed by atoms with Crippen molar-refractivity contribution >= 4 is 17.5 Å². The molecule has 0 aromatic heterocycles. The second-order valence-corrected chi connectivity index (χ2v) is 2.81. The molecule has 0 aliphatic rings. The molecule has 1 aromatic rings. The van der Waals surface area contributed by atoms with Gasteiger partial charge in [0.15, 0.2) is 0 Å². The summed E-state index contributed by atoms with van der Waals surface area (Å²) in [4.78, 5) is 27.2. The van der Waals surface area contributed by atoms with Gasteiger partial charge < -0.3 is 5.32 Å². The van der Waals surface area contributed by atoms with E-state index in [0.29, 0.717) is 5.69 Å². The molecule has 1 aromatic carbocycles. The van der Waals surface area contributed by atoms with Gasteiger partial charge in [0.25, 0.3) is 0 Å². The fourth-order valence-electron chi connectivity index (χ4n) is 0.932. The van der Waals surface area contributed by atoms with Gasteiger partial charge in [-0.15, -0.1) is 0 Å². The third-order valence-electron chi connectivity index (χ3n) is 1.79. The number of carbonyl (C=O) groups excluding carboxylic acids is 2. The molecule has 15 heavy (non-hydrogen) atoms. The van der Waals surface area contributed by atoms with Crippen LogP contribution in [0.5, 0.6) is 0 Å². The van der Waals surface area contributed by atoms with Gasteiger partial charge in [-0.05, 0) is 12.1 Å². The lowest BCUT2D eigenvalue weighted by atomic mass is 10.3. The largest absolute Gasteiger partial charge is 0.335 e. The van der Waals surface area contributed by atoms with Crippen molar-refractivity contribution in [2.45, 2.75) is 0 Å². The van der Waals surface area contributed by atoms with Crippen LogP contribution in [0.3, 0.4) is 0 Å². The highest BCUT2D eigenvalue weighted by Gasteiger charge is 2.18. The minimum Gasteiger partial charge on any atom is -0.318 e. The number of amides is 2. The summed E-state index contributed by atoms with van der Waals surface area (Å²) in [6, 6.07) is 8.73. The Labute approximate surface area is 87.6 Å². The maximum atomic E-state index is 11.3. The summed E-state index contributed by atoms with van der Waals surface area (Å²) in [5.74, 6) is -1.48. The highest BCUT2D eigenvalue weighted by Crippen LogP contribution is 2.04. The third-order valence-corrected chi connectivity index (χ3v) is 1.79. The Morgan fingerprint density at radius 2 is 1.87 bits per heavy atom. The molecule has 0 fully saturated rings. The van der Waals surface area contributed by atoms with Crippen molar-refractivity contribution in [1.29, 1.82) is 0 Å². The van der Waals surface area contributed by atoms with Gasteiger partial charge in [0, 0.05) is 12.7 Å². The number of rotatable bonds is 2. The van der Waals surface area contributed by atoms with Crippen molar-refractivity contribution in [2.75, 3.05) is 19.5 Å². The Morgan fingerprint density at radius 1 is 1.27 bits per heavy atom. The number of likely N-dealkylation sites (N-methyl/N-ethyl adjacent to an activating group) is 1. The normalized spacial score (nSPS) is 9.47. The van der Waals surface area contributed by atoms with E-state index in [-0.39, 0.29) is 0 Å². The zero-order valence-electron chi connectivity index (χ0n) is 8.56. The lowest BCUT2D eigenvalue weighted by Gasteiger charge is -2.12. The molecule has 80 valence electrons. The number of nitrogens with zero attached hydrogens (tertiary/aromatic N) is 1. The molecule has 0 radical (unpaired) electrons. The average Bonchev–Trinajstić information content (AvgIpc) is 2.28. The molecule has 0 atom stereocenters. The summed E-state index contributed by atoms with van der Waals surface area (Å²) in [7, 11) is 2.68. The highest BCUT2D eigenvalue weighted by atomic mass is 16.7. The van der Waals surface area contributed by atoms with Gasteiger partial charge in [-0.1, -0.05) is 18.2 Å². The molecule has 0 heterocycles. The van der Waals surface area contributed by atoms with Crippen molar-refractivity contribution in [3.8, 4) is 0 Å². The number of para-hydroxylation sites is 1. The van der Waals surface area contributed by atoms with E-state index < -0.39 is 11.8 Å². The molecule has 0 unspecified atom stereocenters. The lowest BCUT2D eigenvalue weighted by Crippen LogP contribution is -2.36. The van der Waals surface area contributed by atoms with Crippen molar-refractivity contribution in [3.63, 3.8) is 0 Å². The molecule has 0 aliphatic heterocycles. The molecule has 5 nitrogen and oxygen atoms in total. The number of nitrogens with one attached hydrogen (secondary N) is 1. The number of carbonyl (C=O) groups is 2. The summed E-state index contributed by atoms with van der Waals surface area (Å²) < 4.78 is 0. The SMILES string of the molecule is CON(C)C(=O)C(=O)Nc1ccccc1. The van der Waals surface area contributed by atoms with Crippen LogP contribution in [0.1, 0.15) is 0 Å². The Morgan fingerprint density at radius 3 is 2.40 bits per heavy atom. The van der Waals surface area contributed by atoms with Gasteiger partial charge >= 0.3 is 11.8 Å². The van der Waals surface area contributed by atoms with Crippen LogP contribution in [0.4, 0.5) is 5.69 Å². The molecule has 2 amide bonds. The summed E-state index contributed by atoms with van der Waals surface area (Å²) in [5, 5.41) is 3.31. The van der Waals surface area contributed by atoms with Crippen molar-refractivity contribution in [3.05, 3.63) is 30.3 Å². The van der Waals surface area contributed by atoms with Crippen molar-refractivity contribution in [2.24, 2.45) is 0 Å². The number of hydrogen-bond acceptors (Lipinski definition) is 3. The van der Waals surface area contributed by atoms with Gasteiger partial charge in [0.05, 0.1) is 7.11 Å². The molecule has 0 saturated heterocycles. The van der Waals surface area contributed by atoms with Crippen LogP contribution in [-0.4, -0.2) is 31.0 Å². The van der Waals surface area contributed by atoms with Crippen LogP contribution >= 0.6 is 0 Å². The van der Waals surface area contributed by atoms with Gasteiger partial charge in [0.1, 0.15) is 0 Å². The first kappa shape index (κ1) is 11.2. The van der Waals surface area contributed by atoms with Gasteiger partial charge in [-0.25, -0.2) is 5.06 Å². The van der Waals surface area contributed by atoms with Crippen LogP contribution in [0, 0.1) is 0 Å². The predicted octanol–water partition coefficient (Wildman–Crippen LogP) is 0.645. The summed E-state index contributed by atoms with van der Waals surface area (Å²) in [6.45, 7) is 0. The lowest BCUT2D eigenvalue weighted by molar-refractivity contribution is -0.171. The van der Waals surface area contributed by atoms with E-state index in [1.54, 1.807) is 24.3 Å². The number of anilines is 1. The first-order valence-corrected chi connectivity index (χ1v) is 4.33. The first-order chi connectivity index (χ1) is 7.15. The van der Waals surface area contributed by atoms with Crippen molar-refractivity contribution in [1.82, 2.24) is 5.06 Å². The maximum Gasteiger partial charge on any atom is 0.335 e. The monoisotopic (exact) mass is 208 g/mol. The zero-order chi connectivity index (χ0) is 11.3. The minimum absolute atomic E-state index is 0.570. The molecule has 5 heteroatoms. The molecule has 0 aliphatic carbocycles. The van der Waals surface area contributed by atoms with Crippen LogP contribution < -0.4 is 5.32 Å². The number of benzene rings is 1. The molecule has 1 N–H and O–H groups in total. The molecule has 0 spiro atoms. The first-order valence-electron chi connectivity index (χ1n) is 4.33. The Bertz CT molecular complexity index is 351. The average molecular weight is 208 g/mol. The van der Waals surface area contributed by atoms with E-state index in [1.165, 1.54) is 14.2 Å². The number of hydroxylamine groups is 2. The van der Waals surface area contributed by atoms with E-state index in [4.69, 9.17) is 0 Å². The fraction of sp³-hybridized carbons (Fsp3) is 0.200. The van der Waals surface area contributed by atoms with Gasteiger partial charge in [-0.2, -0.15) is 0 Å². The summed E-state index contributed by atoms with van der Waals surface area (Å²) in [5.41, 5.74) is 0.570. The molecule has 1 rings (SSSR count). The third kappa shape index (κ3) is 3.07. The predicted molar refractivity (Wildman–Crippen MR) is 54.9 cm³/mol. The quantitative estimate of drug-likeness (QED) is 0.573. The van der Waals surface area contributed by atoms with Crippen LogP contribution in [-0.2, 0) is 14.4 Å². The summed E-state index contributed by atoms with van der Waals surface area (Å²) >= 11 is 0. The number of hydrogen-bond donors (Lipinski definition) is 1. The van der Waals surface area contributed by atoms with E-state index in [0.717, 1.165) is 5.06 Å². The van der Waals surface area contributed by atoms with E-state index in [9.17, 15) is 9.59 Å². The molecular weight excluding hydrogens is 196 g/mol. The standard InChI is InChI=1S/C10H12N2O3/c1-12(15-2)10(14)9(13)11-8-6-4-3-5-7-8/h3-7H,1-2H3,(H,11,13). The summed E-state index contributed by atoms with van der Waals surface area (Å²) in [6.07, 6.45) is 0. The van der Waals surface area contributed by atoms with Crippen LogP contribution in [0.15, 0.2) is 30.3 Å². The highest BCUT2D eigenvalue weighted by molar-refractivity contribution is 6.39. The molecular formula is C10H12N2O3. The van der Waals surface area contributed by atoms with E-state index >= 15 is 0 Å². The second-order valence-electron chi connectivity index (χ2n) is 2.81. The fourth-order valence-corrected chi connectivity index (χ4v) is 0.932. The van der Waals surface area contributed by atoms with Gasteiger partial charge in [0.2, 0.25) is 0 Å². The van der Waals surface area contributed by atoms with E-state index in [2.05, 4.69) is 10.2 Å². The van der Waals surface area contributed by atoms with Crippen LogP contribution in [0.2, 0.25) is 0 Å². The Kier molecular flexibility index (Phi) is 3.82. The topological polar surface area (TPSA) is 58.6 Å². The minimum atomic E-state index is -0.749. The molecule has 0 saturated carbocycles.